The molecule has 6 heteroatoms. The molecule has 1 amide bonds. The summed E-state index contributed by atoms with van der Waals surface area (Å²) in [5, 5.41) is 0.982. The van der Waals surface area contributed by atoms with Gasteiger partial charge < -0.3 is 9.64 Å². The van der Waals surface area contributed by atoms with Crippen LogP contribution in [-0.4, -0.2) is 49.0 Å². The highest BCUT2D eigenvalue weighted by Crippen LogP contribution is 2.39. The molecule has 0 bridgehead atoms. The Balaban J connectivity index is 1.64. The van der Waals surface area contributed by atoms with E-state index in [9.17, 15) is 4.79 Å². The van der Waals surface area contributed by atoms with Gasteiger partial charge in [-0.05, 0) is 79.7 Å². The molecule has 0 saturated carbocycles. The number of fused-ring (bicyclic) bond motifs is 1. The molecule has 0 N–H and O–H groups in total. The van der Waals surface area contributed by atoms with Crippen LogP contribution in [0.5, 0.6) is 5.75 Å². The van der Waals surface area contributed by atoms with Crippen molar-refractivity contribution in [2.75, 3.05) is 27.2 Å². The number of aryl methyl sites for hydroxylation is 1. The zero-order valence-electron chi connectivity index (χ0n) is 17.5. The van der Waals surface area contributed by atoms with Crippen molar-refractivity contribution in [2.24, 2.45) is 0 Å². The fourth-order valence-corrected chi connectivity index (χ4v) is 5.22. The Hall–Kier alpha value is -1.75. The minimum Gasteiger partial charge on any atom is -0.497 e. The highest BCUT2D eigenvalue weighted by Gasteiger charge is 2.38. The summed E-state index contributed by atoms with van der Waals surface area (Å²) >= 11 is 12.2. The smallest absolute Gasteiger partial charge is 0.227 e. The maximum atomic E-state index is 13.3. The number of carbonyl (C=O) groups excluding carboxylic acids is 1. The van der Waals surface area contributed by atoms with Gasteiger partial charge in [-0.1, -0.05) is 35.3 Å². The summed E-state index contributed by atoms with van der Waals surface area (Å²) < 4.78 is 5.51. The van der Waals surface area contributed by atoms with E-state index < -0.39 is 0 Å². The van der Waals surface area contributed by atoms with E-state index in [0.717, 1.165) is 37.2 Å². The van der Waals surface area contributed by atoms with Crippen LogP contribution in [0, 0.1) is 0 Å². The fourth-order valence-electron chi connectivity index (χ4n) is 4.90. The molecule has 0 aromatic heterocycles. The first-order chi connectivity index (χ1) is 14.5. The summed E-state index contributed by atoms with van der Waals surface area (Å²) in [7, 11) is 3.62. The predicted molar refractivity (Wildman–Crippen MR) is 122 cm³/mol. The second-order valence-corrected chi connectivity index (χ2v) is 9.10. The number of methoxy groups -OCH3 is 1. The summed E-state index contributed by atoms with van der Waals surface area (Å²) in [5.74, 6) is 0.921. The second-order valence-electron chi connectivity index (χ2n) is 8.29. The van der Waals surface area contributed by atoms with Crippen LogP contribution in [0.15, 0.2) is 36.4 Å². The molecule has 0 spiro atoms. The molecule has 2 aromatic carbocycles. The van der Waals surface area contributed by atoms with Crippen molar-refractivity contribution >= 4 is 29.1 Å². The number of halogens is 2. The highest BCUT2D eigenvalue weighted by atomic mass is 35.5. The monoisotopic (exact) mass is 446 g/mol. The van der Waals surface area contributed by atoms with Crippen molar-refractivity contribution in [2.45, 2.75) is 44.2 Å². The number of rotatable bonds is 5. The van der Waals surface area contributed by atoms with Crippen LogP contribution in [0.4, 0.5) is 0 Å². The van der Waals surface area contributed by atoms with Crippen LogP contribution in [0.25, 0.3) is 0 Å². The average molecular weight is 447 g/mol. The van der Waals surface area contributed by atoms with E-state index in [2.05, 4.69) is 17.0 Å². The Morgan fingerprint density at radius 3 is 2.60 bits per heavy atom. The van der Waals surface area contributed by atoms with E-state index in [1.807, 2.05) is 24.1 Å². The SMILES string of the molecule is COc1ccc2c(c1)[C@H](N(C)C(=O)Cc1ccc(Cl)c(Cl)c1)[C@@H](N1CCCC1)CC2. The maximum absolute atomic E-state index is 13.3. The Kier molecular flexibility index (Phi) is 6.57. The number of hydrogen-bond donors (Lipinski definition) is 0. The van der Waals surface area contributed by atoms with Gasteiger partial charge in [0, 0.05) is 13.1 Å². The standard InChI is InChI=1S/C24H28Cl2N2O2/c1-27(23(29)14-16-5-9-20(25)21(26)13-16)24-19-15-18(30-2)8-6-17(19)7-10-22(24)28-11-3-4-12-28/h5-6,8-9,13,15,22,24H,3-4,7,10-12,14H2,1-2H3/t22-,24-/m0/s1. The first-order valence-corrected chi connectivity index (χ1v) is 11.3. The first-order valence-electron chi connectivity index (χ1n) is 10.6. The molecule has 2 aromatic rings. The van der Waals surface area contributed by atoms with Crippen LogP contribution < -0.4 is 4.74 Å². The molecule has 30 heavy (non-hydrogen) atoms. The number of hydrogen-bond acceptors (Lipinski definition) is 3. The molecule has 2 atom stereocenters. The lowest BCUT2D eigenvalue weighted by molar-refractivity contribution is -0.133. The van der Waals surface area contributed by atoms with E-state index >= 15 is 0 Å². The van der Waals surface area contributed by atoms with Gasteiger partial charge in [-0.2, -0.15) is 0 Å². The third-order valence-corrected chi connectivity index (χ3v) is 7.24. The highest BCUT2D eigenvalue weighted by molar-refractivity contribution is 6.42. The number of nitrogens with zero attached hydrogens (tertiary/aromatic N) is 2. The Morgan fingerprint density at radius 2 is 1.90 bits per heavy atom. The lowest BCUT2D eigenvalue weighted by Gasteiger charge is -2.43. The number of carbonyl (C=O) groups is 1. The molecule has 1 aliphatic carbocycles. The first kappa shape index (κ1) is 21.5. The summed E-state index contributed by atoms with van der Waals surface area (Å²) in [5.41, 5.74) is 3.40. The van der Waals surface area contributed by atoms with Gasteiger partial charge in [-0.15, -0.1) is 0 Å². The largest absolute Gasteiger partial charge is 0.497 e. The number of likely N-dealkylation sites (N-methyl/N-ethyl adjacent to an activating group) is 1. The van der Waals surface area contributed by atoms with E-state index in [4.69, 9.17) is 27.9 Å². The fraction of sp³-hybridized carbons (Fsp3) is 0.458. The van der Waals surface area contributed by atoms with Gasteiger partial charge in [0.15, 0.2) is 0 Å². The third kappa shape index (κ3) is 4.32. The second kappa shape index (κ2) is 9.17. The van der Waals surface area contributed by atoms with E-state index in [1.54, 1.807) is 19.2 Å². The zero-order valence-corrected chi connectivity index (χ0v) is 19.0. The summed E-state index contributed by atoms with van der Waals surface area (Å²) in [6.07, 6.45) is 4.86. The third-order valence-electron chi connectivity index (χ3n) is 6.51. The molecule has 160 valence electrons. The van der Waals surface area contributed by atoms with Crippen LogP contribution in [0.2, 0.25) is 10.0 Å². The molecule has 0 radical (unpaired) electrons. The summed E-state index contributed by atoms with van der Waals surface area (Å²) in [6, 6.07) is 12.0. The van der Waals surface area contributed by atoms with E-state index in [0.29, 0.717) is 22.5 Å². The van der Waals surface area contributed by atoms with Crippen molar-refractivity contribution in [3.05, 3.63) is 63.1 Å². The average Bonchev–Trinajstić information content (AvgIpc) is 3.29. The quantitative estimate of drug-likeness (QED) is 0.635. The number of amides is 1. The van der Waals surface area contributed by atoms with Gasteiger partial charge >= 0.3 is 0 Å². The Bertz CT molecular complexity index is 927. The number of ether oxygens (including phenoxy) is 1. The van der Waals surface area contributed by atoms with Crippen molar-refractivity contribution < 1.29 is 9.53 Å². The molecule has 1 fully saturated rings. The Morgan fingerprint density at radius 1 is 1.13 bits per heavy atom. The van der Waals surface area contributed by atoms with Gasteiger partial charge in [-0.3, -0.25) is 9.69 Å². The summed E-state index contributed by atoms with van der Waals surface area (Å²) in [6.45, 7) is 2.21. The minimum atomic E-state index is 0.0113. The van der Waals surface area contributed by atoms with Crippen LogP contribution in [0.1, 0.15) is 42.0 Å². The topological polar surface area (TPSA) is 32.8 Å². The zero-order chi connectivity index (χ0) is 21.3. The minimum absolute atomic E-state index is 0.0113. The number of benzene rings is 2. The van der Waals surface area contributed by atoms with E-state index in [-0.39, 0.29) is 11.9 Å². The summed E-state index contributed by atoms with van der Waals surface area (Å²) in [4.78, 5) is 17.8. The van der Waals surface area contributed by atoms with Gasteiger partial charge in [0.2, 0.25) is 5.91 Å². The normalized spacial score (nSPS) is 21.3. The molecule has 0 unspecified atom stereocenters. The van der Waals surface area contributed by atoms with Crippen molar-refractivity contribution in [3.8, 4) is 5.75 Å². The molecule has 2 aliphatic rings. The van der Waals surface area contributed by atoms with Crippen molar-refractivity contribution in [3.63, 3.8) is 0 Å². The molecular formula is C24H28Cl2N2O2. The van der Waals surface area contributed by atoms with Crippen molar-refractivity contribution in [1.29, 1.82) is 0 Å². The molecule has 1 saturated heterocycles. The Labute approximate surface area is 188 Å². The molecule has 4 rings (SSSR count). The molecule has 4 nitrogen and oxygen atoms in total. The van der Waals surface area contributed by atoms with E-state index in [1.165, 1.54) is 24.0 Å². The number of likely N-dealkylation sites (tertiary alicyclic amines) is 1. The maximum Gasteiger partial charge on any atom is 0.227 e. The van der Waals surface area contributed by atoms with Crippen LogP contribution >= 0.6 is 23.2 Å². The predicted octanol–water partition coefficient (Wildman–Crippen LogP) is 5.15. The molecule has 1 heterocycles. The van der Waals surface area contributed by atoms with Gasteiger partial charge in [-0.25, -0.2) is 0 Å². The van der Waals surface area contributed by atoms with Crippen molar-refractivity contribution in [1.82, 2.24) is 9.80 Å². The van der Waals surface area contributed by atoms with Gasteiger partial charge in [0.25, 0.3) is 0 Å². The lowest BCUT2D eigenvalue weighted by atomic mass is 9.82. The van der Waals surface area contributed by atoms with Gasteiger partial charge in [0.1, 0.15) is 5.75 Å². The van der Waals surface area contributed by atoms with Gasteiger partial charge in [0.05, 0.1) is 29.6 Å². The lowest BCUT2D eigenvalue weighted by Crippen LogP contribution is -2.48. The molecule has 1 aliphatic heterocycles. The van der Waals surface area contributed by atoms with Crippen LogP contribution in [0.3, 0.4) is 0 Å². The molecular weight excluding hydrogens is 419 g/mol. The van der Waals surface area contributed by atoms with Crippen LogP contribution in [-0.2, 0) is 17.6 Å².